The van der Waals surface area contributed by atoms with Crippen molar-refractivity contribution in [1.82, 2.24) is 0 Å². The first kappa shape index (κ1) is 27.3. The summed E-state index contributed by atoms with van der Waals surface area (Å²) in [7, 11) is 5.91. The Morgan fingerprint density at radius 3 is 1.46 bits per heavy atom. The van der Waals surface area contributed by atoms with E-state index >= 15 is 0 Å². The van der Waals surface area contributed by atoms with E-state index < -0.39 is 0 Å². The van der Waals surface area contributed by atoms with E-state index in [2.05, 4.69) is 51.4 Å². The number of unbranched alkanes of at least 4 members (excludes halogenated alkanes) is 13. The lowest BCUT2D eigenvalue weighted by molar-refractivity contribution is -0.903. The van der Waals surface area contributed by atoms with Gasteiger partial charge in [0.1, 0.15) is 6.54 Å². The minimum absolute atomic E-state index is 1.11. The van der Waals surface area contributed by atoms with Crippen molar-refractivity contribution in [2.45, 2.75) is 103 Å². The lowest BCUT2D eigenvalue weighted by Crippen LogP contribution is -2.39. The molecule has 1 aromatic rings. The van der Waals surface area contributed by atoms with Gasteiger partial charge >= 0.3 is 9.12 Å². The van der Waals surface area contributed by atoms with Crippen molar-refractivity contribution < 1.29 is 9.05 Å². The van der Waals surface area contributed by atoms with Gasteiger partial charge in [0.05, 0.1) is 20.6 Å². The van der Waals surface area contributed by atoms with Crippen LogP contribution in [0.15, 0.2) is 30.3 Å². The largest absolute Gasteiger partial charge is 0.325 e. The second-order valence-electron chi connectivity index (χ2n) is 8.90. The number of rotatable bonds is 17. The Kier molecular flexibility index (Phi) is 19.1. The third kappa shape index (κ3) is 17.4. The first-order valence-electron chi connectivity index (χ1n) is 11.7. The highest BCUT2D eigenvalue weighted by Gasteiger charge is 2.14. The monoisotopic (exact) mass is 409 g/mol. The molecule has 0 aliphatic rings. The number of nitrogens with zero attached hydrogens (tertiary/aromatic N) is 1. The van der Waals surface area contributed by atoms with Gasteiger partial charge in [-0.25, -0.2) is 0 Å². The standard InChI is InChI=1S/C25H46N.H2OP/c1-4-5-6-7-8-9-10-11-12-13-14-15-16-20-23-26(2,3)24-25-21-18-17-19-22-25;1-2/h17-19,21-22H,4-16,20,23-24H2,1-3H3;2H2/q2*+1. The third-order valence-electron chi connectivity index (χ3n) is 5.57. The van der Waals surface area contributed by atoms with Crippen molar-refractivity contribution in [1.29, 1.82) is 0 Å². The van der Waals surface area contributed by atoms with E-state index in [1.165, 1.54) is 111 Å². The minimum Gasteiger partial charge on any atom is -0.325 e. The Balaban J connectivity index is 0.00000352. The van der Waals surface area contributed by atoms with E-state index in [1.807, 2.05) is 0 Å². The zero-order valence-corrected chi connectivity index (χ0v) is 20.3. The van der Waals surface area contributed by atoms with Gasteiger partial charge in [0.25, 0.3) is 0 Å². The van der Waals surface area contributed by atoms with Crippen molar-refractivity contribution in [3.8, 4) is 0 Å². The van der Waals surface area contributed by atoms with E-state index in [-0.39, 0.29) is 0 Å². The Morgan fingerprint density at radius 2 is 1.04 bits per heavy atom. The van der Waals surface area contributed by atoms with Gasteiger partial charge in [-0.2, -0.15) is 0 Å². The Morgan fingerprint density at radius 1 is 0.643 bits per heavy atom. The van der Waals surface area contributed by atoms with E-state index in [9.17, 15) is 0 Å². The number of hydrogen-bond acceptors (Lipinski definition) is 1. The van der Waals surface area contributed by atoms with Gasteiger partial charge in [-0.05, 0) is 12.8 Å². The summed E-state index contributed by atoms with van der Waals surface area (Å²) < 4.78 is 9.28. The second kappa shape index (κ2) is 19.6. The van der Waals surface area contributed by atoms with Crippen LogP contribution in [0, 0.1) is 0 Å². The summed E-state index contributed by atoms with van der Waals surface area (Å²) in [6.45, 7) is 4.75. The molecular weight excluding hydrogens is 361 g/mol. The second-order valence-corrected chi connectivity index (χ2v) is 8.90. The van der Waals surface area contributed by atoms with Crippen LogP contribution < -0.4 is 0 Å². The normalized spacial score (nSPS) is 11.1. The average Bonchev–Trinajstić information content (AvgIpc) is 2.70. The quantitative estimate of drug-likeness (QED) is 0.145. The van der Waals surface area contributed by atoms with Crippen LogP contribution in [0.2, 0.25) is 0 Å². The molecule has 1 unspecified atom stereocenters. The Labute approximate surface area is 178 Å². The van der Waals surface area contributed by atoms with Crippen LogP contribution in [-0.2, 0) is 11.1 Å². The molecule has 2 nitrogen and oxygen atoms in total. The first-order valence-corrected chi connectivity index (χ1v) is 12.2. The average molecular weight is 410 g/mol. The summed E-state index contributed by atoms with van der Waals surface area (Å²) in [6.07, 6.45) is 20.2. The van der Waals surface area contributed by atoms with Crippen LogP contribution in [0.1, 0.15) is 102 Å². The molecule has 1 rings (SSSR count). The number of hydrogen-bond donors (Lipinski definition) is 0. The number of benzene rings is 1. The summed E-state index contributed by atoms with van der Waals surface area (Å²) in [5, 5.41) is 0. The van der Waals surface area contributed by atoms with E-state index in [0.717, 1.165) is 11.0 Å². The van der Waals surface area contributed by atoms with E-state index in [1.54, 1.807) is 0 Å². The fraction of sp³-hybridized carbons (Fsp3) is 0.760. The highest BCUT2D eigenvalue weighted by Crippen LogP contribution is 2.14. The SMILES string of the molecule is CCCCCCCCCCCCCCCC[N+](C)(C)Cc1ccccc1.O=[PH2+]. The van der Waals surface area contributed by atoms with Gasteiger partial charge < -0.3 is 4.48 Å². The van der Waals surface area contributed by atoms with Crippen molar-refractivity contribution >= 4 is 9.12 Å². The molecule has 3 heteroatoms. The molecule has 1 aromatic carbocycles. The molecule has 0 saturated heterocycles. The molecule has 0 spiro atoms. The fourth-order valence-electron chi connectivity index (χ4n) is 3.89. The van der Waals surface area contributed by atoms with Gasteiger partial charge in [-0.15, -0.1) is 0 Å². The van der Waals surface area contributed by atoms with Crippen molar-refractivity contribution in [3.05, 3.63) is 35.9 Å². The molecule has 0 N–H and O–H groups in total. The molecule has 0 bridgehead atoms. The summed E-state index contributed by atoms with van der Waals surface area (Å²) in [5.74, 6) is 0. The van der Waals surface area contributed by atoms with E-state index in [4.69, 9.17) is 4.57 Å². The zero-order chi connectivity index (χ0) is 20.9. The summed E-state index contributed by atoms with van der Waals surface area (Å²) >= 11 is 0. The molecule has 0 aliphatic heterocycles. The maximum absolute atomic E-state index is 8.17. The summed E-state index contributed by atoms with van der Waals surface area (Å²) in [5.41, 5.74) is 1.46. The molecule has 28 heavy (non-hydrogen) atoms. The molecule has 0 heterocycles. The summed E-state index contributed by atoms with van der Waals surface area (Å²) in [4.78, 5) is 0. The maximum atomic E-state index is 8.17. The zero-order valence-electron chi connectivity index (χ0n) is 19.1. The van der Waals surface area contributed by atoms with Crippen LogP contribution in [-0.4, -0.2) is 25.1 Å². The van der Waals surface area contributed by atoms with E-state index in [0.29, 0.717) is 0 Å². The topological polar surface area (TPSA) is 17.1 Å². The van der Waals surface area contributed by atoms with Gasteiger partial charge in [0, 0.05) is 5.56 Å². The predicted octanol–water partition coefficient (Wildman–Crippen LogP) is 7.95. The molecule has 0 aliphatic carbocycles. The van der Waals surface area contributed by atoms with Crippen molar-refractivity contribution in [2.75, 3.05) is 20.6 Å². The third-order valence-corrected chi connectivity index (χ3v) is 5.57. The van der Waals surface area contributed by atoms with Crippen LogP contribution in [0.25, 0.3) is 0 Å². The molecule has 0 amide bonds. The molecule has 0 fully saturated rings. The number of quaternary nitrogens is 1. The molecule has 162 valence electrons. The summed E-state index contributed by atoms with van der Waals surface area (Å²) in [6, 6.07) is 10.9. The van der Waals surface area contributed by atoms with Crippen LogP contribution in [0.4, 0.5) is 0 Å². The highest BCUT2D eigenvalue weighted by molar-refractivity contribution is 7.00. The van der Waals surface area contributed by atoms with Crippen molar-refractivity contribution in [3.63, 3.8) is 0 Å². The Bertz CT molecular complexity index is 435. The van der Waals surface area contributed by atoms with Gasteiger partial charge in [0.2, 0.25) is 0 Å². The van der Waals surface area contributed by atoms with Crippen molar-refractivity contribution in [2.24, 2.45) is 0 Å². The predicted molar refractivity (Wildman–Crippen MR) is 128 cm³/mol. The van der Waals surface area contributed by atoms with Gasteiger partial charge in [-0.3, -0.25) is 0 Å². The molecule has 0 saturated carbocycles. The molecular formula is C25H48NOP+2. The van der Waals surface area contributed by atoms with Gasteiger partial charge in [-0.1, -0.05) is 119 Å². The lowest BCUT2D eigenvalue weighted by Gasteiger charge is -2.30. The minimum atomic E-state index is 1.11. The smallest absolute Gasteiger partial charge is 0.310 e. The molecule has 1 atom stereocenters. The molecule has 0 aromatic heterocycles. The van der Waals surface area contributed by atoms with Crippen LogP contribution >= 0.6 is 9.12 Å². The fourth-order valence-corrected chi connectivity index (χ4v) is 3.89. The van der Waals surface area contributed by atoms with Crippen LogP contribution in [0.5, 0.6) is 0 Å². The lowest BCUT2D eigenvalue weighted by atomic mass is 10.0. The molecule has 0 radical (unpaired) electrons. The Hall–Kier alpha value is -0.720. The van der Waals surface area contributed by atoms with Gasteiger partial charge in [0.15, 0.2) is 0 Å². The first-order chi connectivity index (χ1) is 13.6. The maximum Gasteiger partial charge on any atom is 0.310 e. The highest BCUT2D eigenvalue weighted by atomic mass is 31.0. The van der Waals surface area contributed by atoms with Crippen LogP contribution in [0.3, 0.4) is 0 Å².